The standard InChI is InChI=1S/C13H22N2Si/c1-4-11(3)12-8-6-7-9-13(12)16-15-10-14-5-2/h6-9,11,14-15H,4-5,10H2,1-3H3. The lowest BCUT2D eigenvalue weighted by atomic mass is 9.99. The molecule has 0 saturated carbocycles. The highest BCUT2D eigenvalue weighted by molar-refractivity contribution is 6.51. The lowest BCUT2D eigenvalue weighted by Gasteiger charge is -2.14. The lowest BCUT2D eigenvalue weighted by Crippen LogP contribution is -2.38. The summed E-state index contributed by atoms with van der Waals surface area (Å²) in [5, 5.41) is 4.73. The fourth-order valence-electron chi connectivity index (χ4n) is 1.59. The maximum atomic E-state index is 3.44. The molecule has 2 N–H and O–H groups in total. The monoisotopic (exact) mass is 234 g/mol. The Bertz CT molecular complexity index is 302. The molecule has 88 valence electrons. The van der Waals surface area contributed by atoms with Gasteiger partial charge in [-0.25, -0.2) is 0 Å². The first kappa shape index (κ1) is 13.4. The molecule has 1 unspecified atom stereocenters. The van der Waals surface area contributed by atoms with Crippen molar-refractivity contribution in [3.05, 3.63) is 29.8 Å². The van der Waals surface area contributed by atoms with E-state index in [9.17, 15) is 0 Å². The van der Waals surface area contributed by atoms with Gasteiger partial charge in [0, 0.05) is 6.67 Å². The molecule has 0 fully saturated rings. The second-order valence-corrected chi connectivity index (χ2v) is 5.12. The summed E-state index contributed by atoms with van der Waals surface area (Å²) in [5.41, 5.74) is 1.49. The minimum atomic E-state index is 0.657. The zero-order valence-corrected chi connectivity index (χ0v) is 11.5. The van der Waals surface area contributed by atoms with Crippen LogP contribution in [0, 0.1) is 0 Å². The van der Waals surface area contributed by atoms with E-state index in [2.05, 4.69) is 55.3 Å². The molecule has 0 heterocycles. The molecule has 2 radical (unpaired) electrons. The molecule has 0 bridgehead atoms. The molecule has 16 heavy (non-hydrogen) atoms. The van der Waals surface area contributed by atoms with Gasteiger partial charge in [0.1, 0.15) is 0 Å². The summed E-state index contributed by atoms with van der Waals surface area (Å²) in [4.78, 5) is 3.44. The summed E-state index contributed by atoms with van der Waals surface area (Å²) < 4.78 is 0. The Balaban J connectivity index is 2.57. The van der Waals surface area contributed by atoms with Crippen molar-refractivity contribution >= 4 is 14.9 Å². The molecule has 0 aliphatic rings. The molecule has 2 nitrogen and oxygen atoms in total. The predicted molar refractivity (Wildman–Crippen MR) is 72.2 cm³/mol. The van der Waals surface area contributed by atoms with Crippen molar-refractivity contribution in [2.45, 2.75) is 33.1 Å². The van der Waals surface area contributed by atoms with Crippen LogP contribution in [0.15, 0.2) is 24.3 Å². The Kier molecular flexibility index (Phi) is 6.38. The first-order valence-corrected chi connectivity index (χ1v) is 7.08. The van der Waals surface area contributed by atoms with Gasteiger partial charge in [0.15, 0.2) is 9.68 Å². The van der Waals surface area contributed by atoms with Crippen LogP contribution in [0.25, 0.3) is 0 Å². The van der Waals surface area contributed by atoms with Gasteiger partial charge in [0.25, 0.3) is 0 Å². The molecule has 1 rings (SSSR count). The average Bonchev–Trinajstić information content (AvgIpc) is 2.34. The van der Waals surface area contributed by atoms with E-state index in [-0.39, 0.29) is 0 Å². The predicted octanol–water partition coefficient (Wildman–Crippen LogP) is 1.60. The fraction of sp³-hybridized carbons (Fsp3) is 0.538. The molecular weight excluding hydrogens is 212 g/mol. The lowest BCUT2D eigenvalue weighted by molar-refractivity contribution is 0.704. The molecule has 0 aromatic heterocycles. The minimum absolute atomic E-state index is 0.657. The van der Waals surface area contributed by atoms with E-state index >= 15 is 0 Å². The smallest absolute Gasteiger partial charge is 0.181 e. The minimum Gasteiger partial charge on any atom is -0.323 e. The summed E-state index contributed by atoms with van der Waals surface area (Å²) in [5.74, 6) is 0.657. The maximum Gasteiger partial charge on any atom is 0.181 e. The molecule has 0 aliphatic heterocycles. The third kappa shape index (κ3) is 4.08. The average molecular weight is 234 g/mol. The third-order valence-corrected chi connectivity index (χ3v) is 3.87. The molecule has 1 atom stereocenters. The fourth-order valence-corrected chi connectivity index (χ4v) is 2.64. The normalized spacial score (nSPS) is 12.7. The van der Waals surface area contributed by atoms with Gasteiger partial charge in [-0.1, -0.05) is 45.0 Å². The third-order valence-electron chi connectivity index (χ3n) is 2.79. The van der Waals surface area contributed by atoms with Crippen LogP contribution in [0.5, 0.6) is 0 Å². The van der Waals surface area contributed by atoms with Crippen LogP contribution in [-0.2, 0) is 0 Å². The molecule has 3 heteroatoms. The Labute approximate surface area is 102 Å². The second kappa shape index (κ2) is 7.60. The molecule has 0 aliphatic carbocycles. The Morgan fingerprint density at radius 3 is 2.69 bits per heavy atom. The van der Waals surface area contributed by atoms with Crippen molar-refractivity contribution < 1.29 is 0 Å². The van der Waals surface area contributed by atoms with Crippen LogP contribution in [0.3, 0.4) is 0 Å². The topological polar surface area (TPSA) is 24.1 Å². The zero-order chi connectivity index (χ0) is 11.8. The van der Waals surface area contributed by atoms with Gasteiger partial charge in [0.2, 0.25) is 0 Å². The van der Waals surface area contributed by atoms with Crippen molar-refractivity contribution in [1.82, 2.24) is 10.3 Å². The number of hydrogen-bond acceptors (Lipinski definition) is 2. The summed E-state index contributed by atoms with van der Waals surface area (Å²) in [6, 6.07) is 8.76. The highest BCUT2D eigenvalue weighted by Crippen LogP contribution is 2.15. The van der Waals surface area contributed by atoms with Crippen molar-refractivity contribution in [3.8, 4) is 0 Å². The first-order valence-electron chi connectivity index (χ1n) is 6.08. The quantitative estimate of drug-likeness (QED) is 0.425. The number of hydrogen-bond donors (Lipinski definition) is 2. The van der Waals surface area contributed by atoms with Crippen LogP contribution >= 0.6 is 0 Å². The van der Waals surface area contributed by atoms with E-state index in [1.807, 2.05) is 0 Å². The SMILES string of the molecule is CCNCN[Si]c1ccccc1C(C)CC. The van der Waals surface area contributed by atoms with E-state index in [1.165, 1.54) is 17.2 Å². The van der Waals surface area contributed by atoms with E-state index in [4.69, 9.17) is 0 Å². The molecular formula is C13H22N2Si. The Morgan fingerprint density at radius 2 is 2.00 bits per heavy atom. The second-order valence-electron chi connectivity index (χ2n) is 3.98. The largest absolute Gasteiger partial charge is 0.323 e. The van der Waals surface area contributed by atoms with Crippen LogP contribution in [0.1, 0.15) is 38.7 Å². The highest BCUT2D eigenvalue weighted by Gasteiger charge is 2.08. The summed E-state index contributed by atoms with van der Waals surface area (Å²) in [6.45, 7) is 8.58. The van der Waals surface area contributed by atoms with E-state index in [1.54, 1.807) is 0 Å². The molecule has 1 aromatic carbocycles. The molecule has 0 amide bonds. The highest BCUT2D eigenvalue weighted by atomic mass is 28.2. The van der Waals surface area contributed by atoms with Gasteiger partial charge < -0.3 is 10.3 Å². The molecule has 0 saturated heterocycles. The van der Waals surface area contributed by atoms with Crippen molar-refractivity contribution in [2.24, 2.45) is 0 Å². The van der Waals surface area contributed by atoms with Gasteiger partial charge in [-0.05, 0) is 29.6 Å². The maximum absolute atomic E-state index is 3.44. The van der Waals surface area contributed by atoms with Crippen LogP contribution in [0.4, 0.5) is 0 Å². The summed E-state index contributed by atoms with van der Waals surface area (Å²) in [7, 11) is 0.696. The van der Waals surface area contributed by atoms with Gasteiger partial charge in [-0.3, -0.25) is 0 Å². The van der Waals surface area contributed by atoms with Crippen molar-refractivity contribution in [1.29, 1.82) is 0 Å². The van der Waals surface area contributed by atoms with E-state index < -0.39 is 0 Å². The van der Waals surface area contributed by atoms with Crippen LogP contribution in [-0.4, -0.2) is 22.9 Å². The van der Waals surface area contributed by atoms with Gasteiger partial charge in [0.05, 0.1) is 0 Å². The number of rotatable bonds is 7. The summed E-state index contributed by atoms with van der Waals surface area (Å²) >= 11 is 0. The molecule has 0 spiro atoms. The van der Waals surface area contributed by atoms with Gasteiger partial charge in [-0.15, -0.1) is 0 Å². The van der Waals surface area contributed by atoms with Crippen molar-refractivity contribution in [2.75, 3.05) is 13.2 Å². The van der Waals surface area contributed by atoms with E-state index in [0.29, 0.717) is 15.6 Å². The van der Waals surface area contributed by atoms with Crippen LogP contribution in [0.2, 0.25) is 0 Å². The Morgan fingerprint density at radius 1 is 1.25 bits per heavy atom. The van der Waals surface area contributed by atoms with E-state index in [0.717, 1.165) is 13.2 Å². The summed E-state index contributed by atoms with van der Waals surface area (Å²) in [6.07, 6.45) is 1.20. The number of nitrogens with one attached hydrogen (secondary N) is 2. The van der Waals surface area contributed by atoms with Crippen molar-refractivity contribution in [3.63, 3.8) is 0 Å². The first-order chi connectivity index (χ1) is 7.79. The van der Waals surface area contributed by atoms with Gasteiger partial charge >= 0.3 is 0 Å². The van der Waals surface area contributed by atoms with Gasteiger partial charge in [-0.2, -0.15) is 0 Å². The molecule has 1 aromatic rings. The Hall–Kier alpha value is -0.643. The van der Waals surface area contributed by atoms with Crippen LogP contribution < -0.4 is 15.5 Å². The number of benzene rings is 1. The zero-order valence-electron chi connectivity index (χ0n) is 10.5.